The van der Waals surface area contributed by atoms with Crippen LogP contribution in [0, 0.1) is 0 Å². The van der Waals surface area contributed by atoms with Gasteiger partial charge in [0.25, 0.3) is 0 Å². The largest absolute Gasteiger partial charge is 0.484 e. The molecule has 1 aliphatic rings. The van der Waals surface area contributed by atoms with Gasteiger partial charge in [-0.05, 0) is 11.8 Å². The Hall–Kier alpha value is -0.680. The Bertz CT molecular complexity index is 321. The topological polar surface area (TPSA) is 35.5 Å². The first kappa shape index (κ1) is 8.90. The van der Waals surface area contributed by atoms with Crippen LogP contribution in [0.1, 0.15) is 6.92 Å². The van der Waals surface area contributed by atoms with Crippen molar-refractivity contribution in [3.8, 4) is 11.5 Å². The van der Waals surface area contributed by atoms with Gasteiger partial charge in [-0.25, -0.2) is 0 Å². The summed E-state index contributed by atoms with van der Waals surface area (Å²) in [4.78, 5) is 10.8. The molecule has 1 atom stereocenters. The number of hydrogen-bond donors (Lipinski definition) is 0. The van der Waals surface area contributed by atoms with E-state index in [1.807, 2.05) is 10.8 Å². The van der Waals surface area contributed by atoms with Crippen LogP contribution in [0.25, 0.3) is 0 Å². The van der Waals surface area contributed by atoms with E-state index < -0.39 is 0 Å². The molecule has 0 saturated carbocycles. The van der Waals surface area contributed by atoms with Crippen LogP contribution in [0.3, 0.4) is 0 Å². The van der Waals surface area contributed by atoms with E-state index in [0.29, 0.717) is 6.61 Å². The number of thioether (sulfide) groups is 1. The van der Waals surface area contributed by atoms with E-state index in [-0.39, 0.29) is 10.6 Å². The Kier molecular flexibility index (Phi) is 2.46. The number of hydrogen-bond acceptors (Lipinski definition) is 5. The average molecular weight is 216 g/mol. The molecule has 0 aliphatic carbocycles. The van der Waals surface area contributed by atoms with Gasteiger partial charge in [-0.15, -0.1) is 11.3 Å². The molecule has 1 aromatic heterocycles. The van der Waals surface area contributed by atoms with Crippen LogP contribution >= 0.6 is 23.1 Å². The second-order valence-corrected chi connectivity index (χ2v) is 4.65. The minimum atomic E-state index is -0.195. The van der Waals surface area contributed by atoms with Crippen molar-refractivity contribution in [2.75, 3.05) is 6.61 Å². The van der Waals surface area contributed by atoms with E-state index in [9.17, 15) is 4.79 Å². The molecule has 2 heterocycles. The van der Waals surface area contributed by atoms with Crippen molar-refractivity contribution in [1.82, 2.24) is 0 Å². The second kappa shape index (κ2) is 3.59. The minimum absolute atomic E-state index is 0.0484. The van der Waals surface area contributed by atoms with Gasteiger partial charge in [0.2, 0.25) is 0 Å². The van der Waals surface area contributed by atoms with Crippen molar-refractivity contribution in [3.63, 3.8) is 0 Å². The molecule has 0 bridgehead atoms. The lowest BCUT2D eigenvalue weighted by Gasteiger charge is -2.22. The van der Waals surface area contributed by atoms with Crippen LogP contribution in [0.4, 0.5) is 0 Å². The Morgan fingerprint density at radius 1 is 1.62 bits per heavy atom. The highest BCUT2D eigenvalue weighted by Gasteiger charge is 2.23. The molecule has 1 aliphatic heterocycles. The lowest BCUT2D eigenvalue weighted by molar-refractivity contribution is -0.109. The summed E-state index contributed by atoms with van der Waals surface area (Å²) in [6, 6.07) is 0. The summed E-state index contributed by atoms with van der Waals surface area (Å²) in [5.74, 6) is 1.53. The Morgan fingerprint density at radius 3 is 3.15 bits per heavy atom. The highest BCUT2D eigenvalue weighted by atomic mass is 32.2. The minimum Gasteiger partial charge on any atom is -0.484 e. The Balaban J connectivity index is 2.04. The summed E-state index contributed by atoms with van der Waals surface area (Å²) >= 11 is 2.69. The molecule has 2 rings (SSSR count). The van der Waals surface area contributed by atoms with Crippen molar-refractivity contribution in [2.45, 2.75) is 12.4 Å². The van der Waals surface area contributed by atoms with Gasteiger partial charge in [-0.3, -0.25) is 4.79 Å². The predicted molar refractivity (Wildman–Crippen MR) is 52.5 cm³/mol. The van der Waals surface area contributed by atoms with E-state index in [0.717, 1.165) is 23.3 Å². The van der Waals surface area contributed by atoms with Crippen molar-refractivity contribution >= 4 is 28.2 Å². The Morgan fingerprint density at radius 2 is 2.38 bits per heavy atom. The van der Waals surface area contributed by atoms with Gasteiger partial charge in [0.05, 0.1) is 0 Å². The molecule has 0 spiro atoms. The molecule has 0 N–H and O–H groups in total. The lowest BCUT2D eigenvalue weighted by Crippen LogP contribution is -2.26. The highest BCUT2D eigenvalue weighted by Crippen LogP contribution is 2.37. The number of carbonyl (C=O) groups excluding carboxylic acids is 1. The summed E-state index contributed by atoms with van der Waals surface area (Å²) in [5.41, 5.74) is -0.195. The zero-order chi connectivity index (χ0) is 9.26. The number of carbonyl (C=O) groups is 1. The Labute approximate surface area is 84.0 Å². The molecule has 3 nitrogen and oxygen atoms in total. The fourth-order valence-corrected chi connectivity index (χ4v) is 2.37. The molecule has 5 heteroatoms. The van der Waals surface area contributed by atoms with Crippen LogP contribution in [0.5, 0.6) is 11.5 Å². The molecular weight excluding hydrogens is 208 g/mol. The number of ether oxygens (including phenoxy) is 2. The van der Waals surface area contributed by atoms with Gasteiger partial charge in [0.1, 0.15) is 6.61 Å². The van der Waals surface area contributed by atoms with Crippen LogP contribution < -0.4 is 9.47 Å². The zero-order valence-corrected chi connectivity index (χ0v) is 8.61. The maximum Gasteiger partial charge on any atom is 0.189 e. The normalized spacial score (nSPS) is 19.9. The first-order valence-electron chi connectivity index (χ1n) is 3.78. The smallest absolute Gasteiger partial charge is 0.189 e. The SMILES string of the molecule is CC(=O)SC1COc2cscc2O1. The van der Waals surface area contributed by atoms with Crippen LogP contribution in [-0.4, -0.2) is 17.2 Å². The fourth-order valence-electron chi connectivity index (χ4n) is 1.04. The maximum atomic E-state index is 10.8. The van der Waals surface area contributed by atoms with E-state index in [2.05, 4.69) is 0 Å². The van der Waals surface area contributed by atoms with Gasteiger partial charge < -0.3 is 9.47 Å². The van der Waals surface area contributed by atoms with Crippen LogP contribution in [0.15, 0.2) is 10.8 Å². The molecule has 0 amide bonds. The summed E-state index contributed by atoms with van der Waals surface area (Å²) < 4.78 is 10.9. The van der Waals surface area contributed by atoms with E-state index >= 15 is 0 Å². The molecule has 70 valence electrons. The monoisotopic (exact) mass is 216 g/mol. The van der Waals surface area contributed by atoms with Gasteiger partial charge in [-0.1, -0.05) is 0 Å². The van der Waals surface area contributed by atoms with Crippen molar-refractivity contribution in [2.24, 2.45) is 0 Å². The van der Waals surface area contributed by atoms with Crippen molar-refractivity contribution in [3.05, 3.63) is 10.8 Å². The van der Waals surface area contributed by atoms with E-state index in [1.165, 1.54) is 18.3 Å². The molecular formula is C8H8O3S2. The third-order valence-electron chi connectivity index (χ3n) is 1.52. The summed E-state index contributed by atoms with van der Waals surface area (Å²) in [6.07, 6.45) is 0. The van der Waals surface area contributed by atoms with E-state index in [4.69, 9.17) is 9.47 Å². The number of thiophene rings is 1. The van der Waals surface area contributed by atoms with Gasteiger partial charge >= 0.3 is 0 Å². The molecule has 1 unspecified atom stereocenters. The first-order chi connectivity index (χ1) is 6.25. The second-order valence-electron chi connectivity index (χ2n) is 2.57. The summed E-state index contributed by atoms with van der Waals surface area (Å²) in [5, 5.41) is 3.82. The summed E-state index contributed by atoms with van der Waals surface area (Å²) in [6.45, 7) is 1.96. The predicted octanol–water partition coefficient (Wildman–Crippen LogP) is 2.13. The lowest BCUT2D eigenvalue weighted by atomic mass is 10.5. The quantitative estimate of drug-likeness (QED) is 0.720. The third-order valence-corrected chi connectivity index (χ3v) is 3.05. The first-order valence-corrected chi connectivity index (χ1v) is 5.61. The standard InChI is InChI=1S/C8H8O3S2/c1-5(9)13-8-2-10-6-3-12-4-7(6)11-8/h3-4,8H,2H2,1H3. The number of rotatable bonds is 1. The summed E-state index contributed by atoms with van der Waals surface area (Å²) in [7, 11) is 0. The zero-order valence-electron chi connectivity index (χ0n) is 6.98. The molecule has 0 saturated heterocycles. The van der Waals surface area contributed by atoms with Gasteiger partial charge in [-0.2, -0.15) is 0 Å². The third kappa shape index (κ3) is 1.97. The van der Waals surface area contributed by atoms with Crippen LogP contribution in [0.2, 0.25) is 0 Å². The fraction of sp³-hybridized carbons (Fsp3) is 0.375. The molecule has 0 radical (unpaired) electrons. The van der Waals surface area contributed by atoms with Crippen molar-refractivity contribution in [1.29, 1.82) is 0 Å². The van der Waals surface area contributed by atoms with Crippen LogP contribution in [-0.2, 0) is 4.79 Å². The van der Waals surface area contributed by atoms with E-state index in [1.54, 1.807) is 0 Å². The number of fused-ring (bicyclic) bond motifs is 1. The maximum absolute atomic E-state index is 10.8. The highest BCUT2D eigenvalue weighted by molar-refractivity contribution is 8.14. The molecule has 13 heavy (non-hydrogen) atoms. The van der Waals surface area contributed by atoms with Crippen molar-refractivity contribution < 1.29 is 14.3 Å². The molecule has 0 fully saturated rings. The van der Waals surface area contributed by atoms with Gasteiger partial charge in [0, 0.05) is 17.7 Å². The average Bonchev–Trinajstić information content (AvgIpc) is 2.49. The molecule has 1 aromatic rings. The molecule has 0 aromatic carbocycles. The van der Waals surface area contributed by atoms with Gasteiger partial charge in [0.15, 0.2) is 22.1 Å².